The van der Waals surface area contributed by atoms with Crippen molar-refractivity contribution >= 4 is 39.8 Å². The molecule has 0 saturated carbocycles. The van der Waals surface area contributed by atoms with Gasteiger partial charge < -0.3 is 14.8 Å². The molecule has 3 rings (SSSR count). The smallest absolute Gasteiger partial charge is 0.325 e. The summed E-state index contributed by atoms with van der Waals surface area (Å²) < 4.78 is 10.6. The van der Waals surface area contributed by atoms with Gasteiger partial charge in [-0.15, -0.1) is 11.3 Å². The highest BCUT2D eigenvalue weighted by atomic mass is 35.5. The normalized spacial score (nSPS) is 10.3. The van der Waals surface area contributed by atoms with Gasteiger partial charge in [0.2, 0.25) is 0 Å². The van der Waals surface area contributed by atoms with E-state index in [4.69, 9.17) is 21.1 Å². The number of carbonyl (C=O) groups is 1. The number of benzene rings is 2. The van der Waals surface area contributed by atoms with Crippen molar-refractivity contribution in [2.75, 3.05) is 24.9 Å². The zero-order chi connectivity index (χ0) is 18.5. The molecule has 0 atom stereocenters. The molecule has 0 aliphatic heterocycles. The molecule has 0 bridgehead atoms. The van der Waals surface area contributed by atoms with E-state index in [1.54, 1.807) is 38.5 Å². The van der Waals surface area contributed by atoms with Crippen molar-refractivity contribution in [1.82, 2.24) is 4.98 Å². The van der Waals surface area contributed by atoms with Crippen molar-refractivity contribution in [1.29, 1.82) is 0 Å². The van der Waals surface area contributed by atoms with Crippen molar-refractivity contribution in [2.45, 2.75) is 0 Å². The third kappa shape index (κ3) is 4.07. The van der Waals surface area contributed by atoms with Crippen LogP contribution in [0.4, 0.5) is 15.6 Å². The number of hydrogen-bond donors (Lipinski definition) is 2. The Morgan fingerprint density at radius 1 is 1.12 bits per heavy atom. The van der Waals surface area contributed by atoms with Gasteiger partial charge in [-0.25, -0.2) is 9.78 Å². The van der Waals surface area contributed by atoms with E-state index in [1.807, 2.05) is 23.6 Å². The molecule has 2 amide bonds. The lowest BCUT2D eigenvalue weighted by molar-refractivity contribution is 0.262. The maximum absolute atomic E-state index is 12.1. The van der Waals surface area contributed by atoms with Gasteiger partial charge in [0.25, 0.3) is 0 Å². The van der Waals surface area contributed by atoms with Gasteiger partial charge in [-0.3, -0.25) is 5.32 Å². The first kappa shape index (κ1) is 18.0. The summed E-state index contributed by atoms with van der Waals surface area (Å²) in [7, 11) is 3.19. The highest BCUT2D eigenvalue weighted by Crippen LogP contribution is 2.35. The summed E-state index contributed by atoms with van der Waals surface area (Å²) in [6.45, 7) is 0. The Kier molecular flexibility index (Phi) is 5.60. The molecule has 0 aliphatic carbocycles. The first-order valence-electron chi connectivity index (χ1n) is 7.61. The summed E-state index contributed by atoms with van der Waals surface area (Å²) in [5, 5.41) is 8.14. The second kappa shape index (κ2) is 8.07. The number of carbonyl (C=O) groups excluding carboxylic acids is 1. The fraction of sp³-hybridized carbons (Fsp3) is 0.111. The minimum atomic E-state index is -0.420. The van der Waals surface area contributed by atoms with Gasteiger partial charge in [0.15, 0.2) is 5.13 Å². The molecular formula is C18H16ClN3O3S. The lowest BCUT2D eigenvalue weighted by Crippen LogP contribution is -2.19. The van der Waals surface area contributed by atoms with Gasteiger partial charge in [-0.2, -0.15) is 0 Å². The minimum Gasteiger partial charge on any atom is -0.497 e. The third-order valence-corrected chi connectivity index (χ3v) is 4.62. The molecule has 2 aromatic carbocycles. The number of methoxy groups -OCH3 is 2. The number of nitrogens with zero attached hydrogens (tertiary/aromatic N) is 1. The van der Waals surface area contributed by atoms with Gasteiger partial charge >= 0.3 is 6.03 Å². The SMILES string of the molecule is COc1ccc(OC)c(-c2csc(NC(=O)Nc3ccccc3Cl)n2)c1. The zero-order valence-corrected chi connectivity index (χ0v) is 15.6. The number of aromatic nitrogens is 1. The van der Waals surface area contributed by atoms with Crippen molar-refractivity contribution in [2.24, 2.45) is 0 Å². The van der Waals surface area contributed by atoms with Crippen molar-refractivity contribution in [3.8, 4) is 22.8 Å². The molecular weight excluding hydrogens is 374 g/mol. The first-order valence-corrected chi connectivity index (χ1v) is 8.87. The van der Waals surface area contributed by atoms with Crippen molar-refractivity contribution < 1.29 is 14.3 Å². The van der Waals surface area contributed by atoms with Crippen LogP contribution >= 0.6 is 22.9 Å². The molecule has 8 heteroatoms. The van der Waals surface area contributed by atoms with Gasteiger partial charge in [0, 0.05) is 10.9 Å². The fourth-order valence-corrected chi connectivity index (χ4v) is 3.17. The quantitative estimate of drug-likeness (QED) is 0.634. The highest BCUT2D eigenvalue weighted by Gasteiger charge is 2.13. The summed E-state index contributed by atoms with van der Waals surface area (Å²) in [5.74, 6) is 1.36. The van der Waals surface area contributed by atoms with Crippen LogP contribution in [-0.2, 0) is 0 Å². The predicted molar refractivity (Wildman–Crippen MR) is 105 cm³/mol. The Labute approximate surface area is 159 Å². The molecule has 0 saturated heterocycles. The molecule has 1 heterocycles. The number of anilines is 2. The highest BCUT2D eigenvalue weighted by molar-refractivity contribution is 7.14. The van der Waals surface area contributed by atoms with Crippen molar-refractivity contribution in [3.05, 3.63) is 52.9 Å². The van der Waals surface area contributed by atoms with Crippen LogP contribution in [0.1, 0.15) is 0 Å². The maximum Gasteiger partial charge on any atom is 0.325 e. The molecule has 1 aromatic heterocycles. The molecule has 0 fully saturated rings. The number of para-hydroxylation sites is 1. The van der Waals surface area contributed by atoms with Gasteiger partial charge in [-0.1, -0.05) is 23.7 Å². The summed E-state index contributed by atoms with van der Waals surface area (Å²) in [6.07, 6.45) is 0. The lowest BCUT2D eigenvalue weighted by Gasteiger charge is -2.08. The number of ether oxygens (including phenoxy) is 2. The number of rotatable bonds is 5. The second-order valence-corrected chi connectivity index (χ2v) is 6.43. The Balaban J connectivity index is 1.76. The molecule has 0 radical (unpaired) electrons. The van der Waals surface area contributed by atoms with Gasteiger partial charge in [0.1, 0.15) is 11.5 Å². The number of amides is 2. The standard InChI is InChI=1S/C18H16ClN3O3S/c1-24-11-7-8-16(25-2)12(9-11)15-10-26-18(21-15)22-17(23)20-14-6-4-3-5-13(14)19/h3-10H,1-2H3,(H2,20,21,22,23). The maximum atomic E-state index is 12.1. The van der Waals surface area contributed by atoms with E-state index in [0.717, 1.165) is 5.56 Å². The molecule has 0 spiro atoms. The number of urea groups is 1. The molecule has 2 N–H and O–H groups in total. The molecule has 0 unspecified atom stereocenters. The molecule has 26 heavy (non-hydrogen) atoms. The largest absolute Gasteiger partial charge is 0.497 e. The fourth-order valence-electron chi connectivity index (χ4n) is 2.28. The van der Waals surface area contributed by atoms with Crippen LogP contribution in [0.25, 0.3) is 11.3 Å². The van der Waals surface area contributed by atoms with Crippen LogP contribution in [0.5, 0.6) is 11.5 Å². The third-order valence-electron chi connectivity index (χ3n) is 3.53. The second-order valence-electron chi connectivity index (χ2n) is 5.16. The average molecular weight is 390 g/mol. The Bertz CT molecular complexity index is 930. The number of halogens is 1. The molecule has 3 aromatic rings. The van der Waals surface area contributed by atoms with E-state index in [-0.39, 0.29) is 0 Å². The van der Waals surface area contributed by atoms with Gasteiger partial charge in [-0.05, 0) is 30.3 Å². The Morgan fingerprint density at radius 3 is 2.65 bits per heavy atom. The van der Waals surface area contributed by atoms with Crippen LogP contribution in [-0.4, -0.2) is 25.2 Å². The first-order chi connectivity index (χ1) is 12.6. The van der Waals surface area contributed by atoms with E-state index >= 15 is 0 Å². The molecule has 0 aliphatic rings. The minimum absolute atomic E-state index is 0.420. The van der Waals surface area contributed by atoms with Crippen LogP contribution < -0.4 is 20.1 Å². The summed E-state index contributed by atoms with van der Waals surface area (Å²) in [4.78, 5) is 16.6. The van der Waals surface area contributed by atoms with E-state index in [0.29, 0.717) is 33.0 Å². The monoisotopic (exact) mass is 389 g/mol. The number of hydrogen-bond acceptors (Lipinski definition) is 5. The lowest BCUT2D eigenvalue weighted by atomic mass is 10.1. The summed E-state index contributed by atoms with van der Waals surface area (Å²) >= 11 is 7.34. The van der Waals surface area contributed by atoms with Crippen LogP contribution in [0.2, 0.25) is 5.02 Å². The molecule has 6 nitrogen and oxygen atoms in total. The Hall–Kier alpha value is -2.77. The summed E-state index contributed by atoms with van der Waals surface area (Å²) in [5.41, 5.74) is 1.99. The topological polar surface area (TPSA) is 72.5 Å². The van der Waals surface area contributed by atoms with Crippen LogP contribution in [0, 0.1) is 0 Å². The van der Waals surface area contributed by atoms with Crippen LogP contribution in [0.3, 0.4) is 0 Å². The average Bonchev–Trinajstić information content (AvgIpc) is 3.11. The van der Waals surface area contributed by atoms with E-state index < -0.39 is 6.03 Å². The Morgan fingerprint density at radius 2 is 1.92 bits per heavy atom. The van der Waals surface area contributed by atoms with Gasteiger partial charge in [0.05, 0.1) is 30.6 Å². The van der Waals surface area contributed by atoms with E-state index in [2.05, 4.69) is 15.6 Å². The van der Waals surface area contributed by atoms with Crippen LogP contribution in [0.15, 0.2) is 47.8 Å². The van der Waals surface area contributed by atoms with Crippen molar-refractivity contribution in [3.63, 3.8) is 0 Å². The van der Waals surface area contributed by atoms with E-state index in [1.165, 1.54) is 11.3 Å². The number of nitrogens with one attached hydrogen (secondary N) is 2. The summed E-state index contributed by atoms with van der Waals surface area (Å²) in [6, 6.07) is 12.0. The zero-order valence-electron chi connectivity index (χ0n) is 14.1. The predicted octanol–water partition coefficient (Wildman–Crippen LogP) is 5.12. The number of thiazole rings is 1. The van der Waals surface area contributed by atoms with E-state index in [9.17, 15) is 4.79 Å². The molecule has 134 valence electrons.